The molecule has 0 radical (unpaired) electrons. The summed E-state index contributed by atoms with van der Waals surface area (Å²) in [5.74, 6) is 7.61. The molecule has 0 saturated carbocycles. The molecule has 0 saturated heterocycles. The Labute approximate surface area is 89.2 Å². The number of hydrogen-bond donors (Lipinski definition) is 2. The van der Waals surface area contributed by atoms with Crippen LogP contribution in [0.4, 0.5) is 0 Å². The van der Waals surface area contributed by atoms with Crippen molar-refractivity contribution >= 4 is 11.8 Å². The minimum atomic E-state index is 0.377. The molecule has 5 heteroatoms. The van der Waals surface area contributed by atoms with Crippen molar-refractivity contribution in [2.45, 2.75) is 18.9 Å². The fourth-order valence-corrected chi connectivity index (χ4v) is 2.02. The molecule has 0 aliphatic rings. The van der Waals surface area contributed by atoms with E-state index in [-0.39, 0.29) is 0 Å². The lowest BCUT2D eigenvalue weighted by atomic mass is 10.2. The summed E-state index contributed by atoms with van der Waals surface area (Å²) in [4.78, 5) is 4.27. The molecule has 1 atom stereocenters. The van der Waals surface area contributed by atoms with Crippen LogP contribution in [-0.2, 0) is 13.5 Å². The second-order valence-corrected chi connectivity index (χ2v) is 4.22. The summed E-state index contributed by atoms with van der Waals surface area (Å²) in [7, 11) is 2.02. The van der Waals surface area contributed by atoms with Crippen molar-refractivity contribution in [3.63, 3.8) is 0 Å². The van der Waals surface area contributed by atoms with Crippen molar-refractivity contribution in [3.8, 4) is 0 Å². The van der Waals surface area contributed by atoms with Crippen LogP contribution in [0.25, 0.3) is 0 Å². The predicted molar refractivity (Wildman–Crippen MR) is 61.0 cm³/mol. The highest BCUT2D eigenvalue weighted by Gasteiger charge is 2.07. The molecule has 0 fully saturated rings. The van der Waals surface area contributed by atoms with Gasteiger partial charge in [0.2, 0.25) is 0 Å². The van der Waals surface area contributed by atoms with E-state index in [1.807, 2.05) is 24.0 Å². The van der Waals surface area contributed by atoms with Crippen molar-refractivity contribution in [1.82, 2.24) is 15.0 Å². The minimum absolute atomic E-state index is 0.377. The first-order valence-corrected chi connectivity index (χ1v) is 6.08. The highest BCUT2D eigenvalue weighted by atomic mass is 32.2. The predicted octanol–water partition coefficient (Wildman–Crippen LogP) is 0.548. The zero-order chi connectivity index (χ0) is 10.4. The molecule has 1 heterocycles. The van der Waals surface area contributed by atoms with E-state index >= 15 is 0 Å². The number of nitrogens with zero attached hydrogens (tertiary/aromatic N) is 2. The summed E-state index contributed by atoms with van der Waals surface area (Å²) >= 11 is 1.81. The van der Waals surface area contributed by atoms with Crippen LogP contribution in [0.3, 0.4) is 0 Å². The molecule has 1 aromatic heterocycles. The molecule has 0 amide bonds. The van der Waals surface area contributed by atoms with Gasteiger partial charge in [0.1, 0.15) is 5.82 Å². The van der Waals surface area contributed by atoms with Gasteiger partial charge in [-0.25, -0.2) is 4.98 Å². The number of hydrogen-bond acceptors (Lipinski definition) is 4. The summed E-state index contributed by atoms with van der Waals surface area (Å²) in [6.45, 7) is 0. The minimum Gasteiger partial charge on any atom is -0.338 e. The first-order chi connectivity index (χ1) is 6.77. The average Bonchev–Trinajstić information content (AvgIpc) is 2.59. The number of imidazole rings is 1. The topological polar surface area (TPSA) is 55.9 Å². The Bertz CT molecular complexity index is 261. The van der Waals surface area contributed by atoms with Crippen LogP contribution in [-0.4, -0.2) is 27.6 Å². The molecule has 0 aromatic carbocycles. The van der Waals surface area contributed by atoms with Crippen LogP contribution in [0, 0.1) is 0 Å². The maximum atomic E-state index is 5.45. The molecule has 1 aromatic rings. The lowest BCUT2D eigenvalue weighted by Gasteiger charge is -2.13. The van der Waals surface area contributed by atoms with E-state index in [4.69, 9.17) is 5.84 Å². The molecular formula is C9H18N4S. The van der Waals surface area contributed by atoms with Gasteiger partial charge < -0.3 is 4.57 Å². The van der Waals surface area contributed by atoms with Gasteiger partial charge in [0.05, 0.1) is 0 Å². The van der Waals surface area contributed by atoms with E-state index in [2.05, 4.69) is 16.7 Å². The van der Waals surface area contributed by atoms with Crippen molar-refractivity contribution < 1.29 is 0 Å². The molecule has 0 spiro atoms. The summed E-state index contributed by atoms with van der Waals surface area (Å²) < 4.78 is 2.05. The number of nitrogens with one attached hydrogen (secondary N) is 1. The molecular weight excluding hydrogens is 196 g/mol. The van der Waals surface area contributed by atoms with Gasteiger partial charge in [0.25, 0.3) is 0 Å². The molecule has 3 N–H and O–H groups in total. The number of rotatable bonds is 6. The van der Waals surface area contributed by atoms with Crippen LogP contribution in [0.15, 0.2) is 12.4 Å². The first kappa shape index (κ1) is 11.6. The Hall–Kier alpha value is -0.520. The zero-order valence-electron chi connectivity index (χ0n) is 8.73. The SMILES string of the molecule is CSCC(CCc1nccn1C)NN. The van der Waals surface area contributed by atoms with E-state index in [1.165, 1.54) is 0 Å². The third kappa shape index (κ3) is 3.32. The smallest absolute Gasteiger partial charge is 0.108 e. The summed E-state index contributed by atoms with van der Waals surface area (Å²) in [5.41, 5.74) is 2.83. The Morgan fingerprint density at radius 1 is 1.71 bits per heavy atom. The largest absolute Gasteiger partial charge is 0.338 e. The van der Waals surface area contributed by atoms with Crippen molar-refractivity contribution in [2.24, 2.45) is 12.9 Å². The van der Waals surface area contributed by atoms with Crippen LogP contribution in [0.5, 0.6) is 0 Å². The van der Waals surface area contributed by atoms with E-state index in [0.29, 0.717) is 6.04 Å². The maximum absolute atomic E-state index is 5.45. The first-order valence-electron chi connectivity index (χ1n) is 4.69. The third-order valence-corrected chi connectivity index (χ3v) is 2.98. The number of hydrazine groups is 1. The summed E-state index contributed by atoms with van der Waals surface area (Å²) in [5, 5.41) is 0. The van der Waals surface area contributed by atoms with Crippen molar-refractivity contribution in [2.75, 3.05) is 12.0 Å². The maximum Gasteiger partial charge on any atom is 0.108 e. The van der Waals surface area contributed by atoms with Gasteiger partial charge in [-0.2, -0.15) is 11.8 Å². The van der Waals surface area contributed by atoms with Gasteiger partial charge in [-0.1, -0.05) is 0 Å². The normalized spacial score (nSPS) is 13.1. The van der Waals surface area contributed by atoms with Gasteiger partial charge in [-0.15, -0.1) is 0 Å². The van der Waals surface area contributed by atoms with E-state index in [0.717, 1.165) is 24.4 Å². The van der Waals surface area contributed by atoms with Crippen LogP contribution in [0.1, 0.15) is 12.2 Å². The molecule has 4 nitrogen and oxygen atoms in total. The monoisotopic (exact) mass is 214 g/mol. The van der Waals surface area contributed by atoms with Gasteiger partial charge in [0, 0.05) is 37.7 Å². The van der Waals surface area contributed by atoms with E-state index < -0.39 is 0 Å². The molecule has 1 rings (SSSR count). The highest BCUT2D eigenvalue weighted by molar-refractivity contribution is 7.98. The number of thioether (sulfide) groups is 1. The Morgan fingerprint density at radius 2 is 2.50 bits per heavy atom. The van der Waals surface area contributed by atoms with Crippen LogP contribution < -0.4 is 11.3 Å². The Kier molecular flexibility index (Phi) is 5.00. The molecule has 80 valence electrons. The quantitative estimate of drug-likeness (QED) is 0.536. The Morgan fingerprint density at radius 3 is 3.00 bits per heavy atom. The fraction of sp³-hybridized carbons (Fsp3) is 0.667. The Balaban J connectivity index is 2.35. The van der Waals surface area contributed by atoms with Gasteiger partial charge in [0.15, 0.2) is 0 Å². The third-order valence-electron chi connectivity index (χ3n) is 2.24. The van der Waals surface area contributed by atoms with Gasteiger partial charge >= 0.3 is 0 Å². The molecule has 0 aliphatic heterocycles. The van der Waals surface area contributed by atoms with Crippen molar-refractivity contribution in [1.29, 1.82) is 0 Å². The number of aromatic nitrogens is 2. The van der Waals surface area contributed by atoms with Crippen molar-refractivity contribution in [3.05, 3.63) is 18.2 Å². The van der Waals surface area contributed by atoms with Gasteiger partial charge in [-0.3, -0.25) is 11.3 Å². The van der Waals surface area contributed by atoms with Crippen LogP contribution >= 0.6 is 11.8 Å². The highest BCUT2D eigenvalue weighted by Crippen LogP contribution is 2.05. The fourth-order valence-electron chi connectivity index (χ4n) is 1.36. The average molecular weight is 214 g/mol. The molecule has 0 aliphatic carbocycles. The molecule has 1 unspecified atom stereocenters. The second-order valence-electron chi connectivity index (χ2n) is 3.31. The summed E-state index contributed by atoms with van der Waals surface area (Å²) in [6.07, 6.45) is 7.88. The lowest BCUT2D eigenvalue weighted by molar-refractivity contribution is 0.528. The second kappa shape index (κ2) is 6.06. The van der Waals surface area contributed by atoms with Crippen LogP contribution in [0.2, 0.25) is 0 Å². The zero-order valence-corrected chi connectivity index (χ0v) is 9.55. The van der Waals surface area contributed by atoms with E-state index in [9.17, 15) is 0 Å². The molecule has 0 bridgehead atoms. The number of aryl methyl sites for hydroxylation is 2. The lowest BCUT2D eigenvalue weighted by Crippen LogP contribution is -2.37. The number of nitrogens with two attached hydrogens (primary N) is 1. The summed E-state index contributed by atoms with van der Waals surface area (Å²) in [6, 6.07) is 0.377. The molecule has 14 heavy (non-hydrogen) atoms. The standard InChI is InChI=1S/C9H18N4S/c1-13-6-5-11-9(13)4-3-8(12-10)7-14-2/h5-6,8,12H,3-4,7,10H2,1-2H3. The van der Waals surface area contributed by atoms with Gasteiger partial charge in [-0.05, 0) is 12.7 Å². The van der Waals surface area contributed by atoms with E-state index in [1.54, 1.807) is 11.8 Å².